The summed E-state index contributed by atoms with van der Waals surface area (Å²) in [6.45, 7) is 7.94. The standard InChI is InChI=1S/C16H26N6O/c1-11-14-15(18-12(2)19-16(14)21(3)20-11)17-9-13-5-4-6-22(10-13)7-8-23/h13,23H,4-10H2,1-3H3,(H,17,18,19). The largest absolute Gasteiger partial charge is 0.395 e. The minimum Gasteiger partial charge on any atom is -0.395 e. The van der Waals surface area contributed by atoms with E-state index in [1.54, 1.807) is 0 Å². The molecule has 1 fully saturated rings. The van der Waals surface area contributed by atoms with Crippen molar-refractivity contribution in [2.45, 2.75) is 26.7 Å². The van der Waals surface area contributed by atoms with Crippen molar-refractivity contribution in [3.05, 3.63) is 11.5 Å². The summed E-state index contributed by atoms with van der Waals surface area (Å²) in [5, 5.41) is 18.1. The predicted molar refractivity (Wildman–Crippen MR) is 90.5 cm³/mol. The fourth-order valence-electron chi connectivity index (χ4n) is 3.48. The summed E-state index contributed by atoms with van der Waals surface area (Å²) in [6.07, 6.45) is 2.41. The van der Waals surface area contributed by atoms with Crippen LogP contribution < -0.4 is 5.32 Å². The fourth-order valence-corrected chi connectivity index (χ4v) is 3.48. The van der Waals surface area contributed by atoms with Gasteiger partial charge in [-0.05, 0) is 39.2 Å². The van der Waals surface area contributed by atoms with Crippen molar-refractivity contribution < 1.29 is 5.11 Å². The number of nitrogens with one attached hydrogen (secondary N) is 1. The van der Waals surface area contributed by atoms with Gasteiger partial charge in [-0.15, -0.1) is 0 Å². The summed E-state index contributed by atoms with van der Waals surface area (Å²) < 4.78 is 1.81. The predicted octanol–water partition coefficient (Wildman–Crippen LogP) is 1.10. The second kappa shape index (κ2) is 6.80. The molecule has 1 atom stereocenters. The smallest absolute Gasteiger partial charge is 0.163 e. The van der Waals surface area contributed by atoms with E-state index in [-0.39, 0.29) is 6.61 Å². The number of β-amino-alcohol motifs (C(OH)–C–C–N with tert-alkyl or cyclic N) is 1. The zero-order valence-corrected chi connectivity index (χ0v) is 14.2. The van der Waals surface area contributed by atoms with Gasteiger partial charge in [0, 0.05) is 26.7 Å². The molecule has 3 rings (SSSR count). The zero-order chi connectivity index (χ0) is 16.4. The number of aliphatic hydroxyl groups is 1. The second-order valence-corrected chi connectivity index (χ2v) is 6.44. The quantitative estimate of drug-likeness (QED) is 0.859. The number of hydrogen-bond acceptors (Lipinski definition) is 6. The van der Waals surface area contributed by atoms with Crippen LogP contribution >= 0.6 is 0 Å². The van der Waals surface area contributed by atoms with Gasteiger partial charge in [0.2, 0.25) is 0 Å². The molecule has 7 heteroatoms. The lowest BCUT2D eigenvalue weighted by molar-refractivity contribution is 0.144. The molecule has 1 aliphatic heterocycles. The Bertz CT molecular complexity index is 681. The lowest BCUT2D eigenvalue weighted by Crippen LogP contribution is -2.39. The van der Waals surface area contributed by atoms with Gasteiger partial charge in [0.15, 0.2) is 5.65 Å². The van der Waals surface area contributed by atoms with Gasteiger partial charge in [0.1, 0.15) is 11.6 Å². The zero-order valence-electron chi connectivity index (χ0n) is 14.2. The molecule has 0 aliphatic carbocycles. The van der Waals surface area contributed by atoms with Crippen LogP contribution in [0.25, 0.3) is 11.0 Å². The number of nitrogens with zero attached hydrogens (tertiary/aromatic N) is 5. The maximum absolute atomic E-state index is 9.11. The van der Waals surface area contributed by atoms with Crippen LogP contribution in [0.2, 0.25) is 0 Å². The summed E-state index contributed by atoms with van der Waals surface area (Å²) in [5.74, 6) is 2.23. The van der Waals surface area contributed by atoms with Gasteiger partial charge < -0.3 is 15.3 Å². The summed E-state index contributed by atoms with van der Waals surface area (Å²) in [6, 6.07) is 0. The van der Waals surface area contributed by atoms with Crippen LogP contribution in [0, 0.1) is 19.8 Å². The Balaban J connectivity index is 1.74. The molecule has 1 unspecified atom stereocenters. The van der Waals surface area contributed by atoms with Crippen molar-refractivity contribution in [2.24, 2.45) is 13.0 Å². The molecule has 7 nitrogen and oxygen atoms in total. The van der Waals surface area contributed by atoms with Crippen LogP contribution in [0.15, 0.2) is 0 Å². The summed E-state index contributed by atoms with van der Waals surface area (Å²) in [4.78, 5) is 11.4. The van der Waals surface area contributed by atoms with E-state index in [9.17, 15) is 0 Å². The third-order valence-electron chi connectivity index (χ3n) is 4.55. The molecular formula is C16H26N6O. The number of rotatable bonds is 5. The van der Waals surface area contributed by atoms with E-state index in [1.807, 2.05) is 25.6 Å². The number of anilines is 1. The van der Waals surface area contributed by atoms with E-state index < -0.39 is 0 Å². The fraction of sp³-hybridized carbons (Fsp3) is 0.688. The van der Waals surface area contributed by atoms with Crippen molar-refractivity contribution in [1.29, 1.82) is 0 Å². The minimum atomic E-state index is 0.237. The highest BCUT2D eigenvalue weighted by molar-refractivity contribution is 5.89. The van der Waals surface area contributed by atoms with E-state index >= 15 is 0 Å². The van der Waals surface area contributed by atoms with E-state index in [0.717, 1.165) is 54.5 Å². The van der Waals surface area contributed by atoms with Gasteiger partial charge in [-0.3, -0.25) is 4.68 Å². The number of hydrogen-bond donors (Lipinski definition) is 2. The number of fused-ring (bicyclic) bond motifs is 1. The first-order valence-electron chi connectivity index (χ1n) is 8.33. The van der Waals surface area contributed by atoms with Crippen LogP contribution in [0.4, 0.5) is 5.82 Å². The Morgan fingerprint density at radius 1 is 1.30 bits per heavy atom. The molecule has 0 aromatic carbocycles. The SMILES string of the molecule is Cc1nc(NCC2CCCN(CCO)C2)c2c(C)nn(C)c2n1. The molecule has 2 aromatic rings. The summed E-state index contributed by atoms with van der Waals surface area (Å²) in [7, 11) is 1.92. The molecule has 126 valence electrons. The number of piperidine rings is 1. The summed E-state index contributed by atoms with van der Waals surface area (Å²) in [5.41, 5.74) is 1.83. The molecule has 1 aliphatic rings. The molecule has 3 heterocycles. The van der Waals surface area contributed by atoms with Crippen LogP contribution in [0.1, 0.15) is 24.4 Å². The molecule has 0 spiro atoms. The highest BCUT2D eigenvalue weighted by atomic mass is 16.3. The highest BCUT2D eigenvalue weighted by Gasteiger charge is 2.20. The van der Waals surface area contributed by atoms with Crippen LogP contribution in [-0.4, -0.2) is 62.5 Å². The van der Waals surface area contributed by atoms with Crippen molar-refractivity contribution >= 4 is 16.9 Å². The topological polar surface area (TPSA) is 79.1 Å². The third kappa shape index (κ3) is 3.45. The Morgan fingerprint density at radius 2 is 2.13 bits per heavy atom. The Morgan fingerprint density at radius 3 is 2.91 bits per heavy atom. The van der Waals surface area contributed by atoms with E-state index in [0.29, 0.717) is 5.92 Å². The van der Waals surface area contributed by atoms with E-state index in [2.05, 4.69) is 25.3 Å². The monoisotopic (exact) mass is 318 g/mol. The minimum absolute atomic E-state index is 0.237. The Labute approximate surface area is 136 Å². The molecule has 2 aromatic heterocycles. The van der Waals surface area contributed by atoms with Crippen molar-refractivity contribution in [3.8, 4) is 0 Å². The average molecular weight is 318 g/mol. The van der Waals surface area contributed by atoms with Gasteiger partial charge in [0.25, 0.3) is 0 Å². The average Bonchev–Trinajstić information content (AvgIpc) is 2.80. The number of likely N-dealkylation sites (tertiary alicyclic amines) is 1. The van der Waals surface area contributed by atoms with E-state index in [4.69, 9.17) is 5.11 Å². The van der Waals surface area contributed by atoms with Crippen LogP contribution in [-0.2, 0) is 7.05 Å². The lowest BCUT2D eigenvalue weighted by Gasteiger charge is -2.32. The Kier molecular flexibility index (Phi) is 4.77. The van der Waals surface area contributed by atoms with Gasteiger partial charge >= 0.3 is 0 Å². The second-order valence-electron chi connectivity index (χ2n) is 6.44. The molecule has 1 saturated heterocycles. The molecular weight excluding hydrogens is 292 g/mol. The first kappa shape index (κ1) is 16.1. The summed E-state index contributed by atoms with van der Waals surface area (Å²) >= 11 is 0. The molecule has 2 N–H and O–H groups in total. The number of aliphatic hydroxyl groups excluding tert-OH is 1. The Hall–Kier alpha value is -1.73. The van der Waals surface area contributed by atoms with Gasteiger partial charge in [-0.1, -0.05) is 0 Å². The first-order valence-corrected chi connectivity index (χ1v) is 8.33. The van der Waals surface area contributed by atoms with E-state index in [1.165, 1.54) is 12.8 Å². The first-order chi connectivity index (χ1) is 11.1. The molecule has 0 radical (unpaired) electrons. The van der Waals surface area contributed by atoms with Crippen molar-refractivity contribution in [2.75, 3.05) is 38.1 Å². The third-order valence-corrected chi connectivity index (χ3v) is 4.55. The number of aromatic nitrogens is 4. The van der Waals surface area contributed by atoms with Crippen LogP contribution in [0.5, 0.6) is 0 Å². The lowest BCUT2D eigenvalue weighted by atomic mass is 9.98. The van der Waals surface area contributed by atoms with Crippen LogP contribution in [0.3, 0.4) is 0 Å². The molecule has 0 amide bonds. The normalized spacial score (nSPS) is 19.4. The molecule has 0 saturated carbocycles. The van der Waals surface area contributed by atoms with Gasteiger partial charge in [0.05, 0.1) is 17.7 Å². The van der Waals surface area contributed by atoms with Crippen molar-refractivity contribution in [3.63, 3.8) is 0 Å². The highest BCUT2D eigenvalue weighted by Crippen LogP contribution is 2.24. The number of aryl methyl sites for hydroxylation is 3. The maximum atomic E-state index is 9.11. The van der Waals surface area contributed by atoms with Crippen molar-refractivity contribution in [1.82, 2.24) is 24.6 Å². The maximum Gasteiger partial charge on any atom is 0.163 e. The van der Waals surface area contributed by atoms with Gasteiger partial charge in [-0.2, -0.15) is 5.10 Å². The van der Waals surface area contributed by atoms with Gasteiger partial charge in [-0.25, -0.2) is 9.97 Å². The molecule has 23 heavy (non-hydrogen) atoms. The molecule has 0 bridgehead atoms.